The molecule has 1 aromatic carbocycles. The molecule has 98 valence electrons. The Kier molecular flexibility index (Phi) is 4.02. The van der Waals surface area contributed by atoms with Gasteiger partial charge in [0.15, 0.2) is 0 Å². The van der Waals surface area contributed by atoms with Gasteiger partial charge in [0.1, 0.15) is 0 Å². The van der Waals surface area contributed by atoms with Crippen LogP contribution in [0.4, 0.5) is 0 Å². The Morgan fingerprint density at radius 1 is 1.39 bits per heavy atom. The van der Waals surface area contributed by atoms with Crippen molar-refractivity contribution >= 4 is 5.97 Å². The van der Waals surface area contributed by atoms with Crippen LogP contribution in [0.25, 0.3) is 0 Å². The first-order valence-corrected chi connectivity index (χ1v) is 6.46. The number of ether oxygens (including phenoxy) is 1. The first-order chi connectivity index (χ1) is 8.60. The first kappa shape index (κ1) is 13.1. The average molecular weight is 247 g/mol. The summed E-state index contributed by atoms with van der Waals surface area (Å²) in [7, 11) is 1.47. The smallest absolute Gasteiger partial charge is 0.310 e. The van der Waals surface area contributed by atoms with Crippen LogP contribution in [-0.4, -0.2) is 31.1 Å². The van der Waals surface area contributed by atoms with E-state index in [1.54, 1.807) is 0 Å². The van der Waals surface area contributed by atoms with Crippen LogP contribution < -0.4 is 0 Å². The van der Waals surface area contributed by atoms with Crippen LogP contribution in [-0.2, 0) is 16.1 Å². The fourth-order valence-corrected chi connectivity index (χ4v) is 2.50. The van der Waals surface area contributed by atoms with Gasteiger partial charge in [-0.05, 0) is 43.5 Å². The molecule has 1 saturated heterocycles. The van der Waals surface area contributed by atoms with Crippen molar-refractivity contribution in [2.24, 2.45) is 5.92 Å². The Balaban J connectivity index is 1.95. The number of likely N-dealkylation sites (tertiary alicyclic amines) is 1. The molecule has 0 spiro atoms. The van der Waals surface area contributed by atoms with Gasteiger partial charge in [-0.1, -0.05) is 18.2 Å². The molecule has 1 atom stereocenters. The van der Waals surface area contributed by atoms with Crippen LogP contribution in [0.1, 0.15) is 23.1 Å². The number of esters is 1. The Bertz CT molecular complexity index is 442. The van der Waals surface area contributed by atoms with Crippen LogP contribution in [0, 0.1) is 19.8 Å². The number of nitrogens with zero attached hydrogens (tertiary/aromatic N) is 1. The van der Waals surface area contributed by atoms with Crippen molar-refractivity contribution < 1.29 is 9.53 Å². The van der Waals surface area contributed by atoms with Crippen molar-refractivity contribution in [1.82, 2.24) is 4.90 Å². The largest absolute Gasteiger partial charge is 0.469 e. The lowest BCUT2D eigenvalue weighted by molar-refractivity contribution is -0.144. The third-order valence-electron chi connectivity index (χ3n) is 3.78. The van der Waals surface area contributed by atoms with Crippen molar-refractivity contribution in [3.63, 3.8) is 0 Å². The van der Waals surface area contributed by atoms with E-state index in [9.17, 15) is 4.79 Å². The molecule has 0 aromatic heterocycles. The predicted octanol–water partition coefficient (Wildman–Crippen LogP) is 2.30. The Labute approximate surface area is 109 Å². The summed E-state index contributed by atoms with van der Waals surface area (Å²) in [6.45, 7) is 6.99. The monoisotopic (exact) mass is 247 g/mol. The highest BCUT2D eigenvalue weighted by atomic mass is 16.5. The number of benzene rings is 1. The topological polar surface area (TPSA) is 29.5 Å². The number of hydrogen-bond donors (Lipinski definition) is 0. The van der Waals surface area contributed by atoms with E-state index in [-0.39, 0.29) is 11.9 Å². The highest BCUT2D eigenvalue weighted by Crippen LogP contribution is 2.20. The van der Waals surface area contributed by atoms with Crippen LogP contribution in [0.5, 0.6) is 0 Å². The molecule has 18 heavy (non-hydrogen) atoms. The van der Waals surface area contributed by atoms with Crippen LogP contribution in [0.2, 0.25) is 0 Å². The number of hydrogen-bond acceptors (Lipinski definition) is 3. The molecule has 1 aromatic rings. The van der Waals surface area contributed by atoms with E-state index in [0.29, 0.717) is 0 Å². The minimum atomic E-state index is -0.0717. The molecule has 1 unspecified atom stereocenters. The molecule has 0 aliphatic carbocycles. The van der Waals surface area contributed by atoms with Gasteiger partial charge in [0.25, 0.3) is 0 Å². The number of carbonyl (C=O) groups excluding carboxylic acids is 1. The van der Waals surface area contributed by atoms with E-state index in [0.717, 1.165) is 26.1 Å². The standard InChI is InChI=1S/C15H21NO2/c1-11-4-5-13(8-12(11)2)9-16-7-6-14(10-16)15(17)18-3/h4-5,8,14H,6-7,9-10H2,1-3H3. The van der Waals surface area contributed by atoms with Crippen molar-refractivity contribution in [3.05, 3.63) is 34.9 Å². The Morgan fingerprint density at radius 2 is 2.17 bits per heavy atom. The van der Waals surface area contributed by atoms with E-state index in [4.69, 9.17) is 4.74 Å². The molecule has 0 amide bonds. The van der Waals surface area contributed by atoms with Crippen molar-refractivity contribution in [2.75, 3.05) is 20.2 Å². The molecule has 1 aliphatic rings. The van der Waals surface area contributed by atoms with Gasteiger partial charge in [-0.15, -0.1) is 0 Å². The molecule has 1 heterocycles. The number of methoxy groups -OCH3 is 1. The zero-order chi connectivity index (χ0) is 13.1. The Morgan fingerprint density at radius 3 is 2.83 bits per heavy atom. The maximum Gasteiger partial charge on any atom is 0.310 e. The average Bonchev–Trinajstić information content (AvgIpc) is 2.81. The minimum absolute atomic E-state index is 0.0570. The number of aryl methyl sites for hydroxylation is 2. The molecular weight excluding hydrogens is 226 g/mol. The van der Waals surface area contributed by atoms with E-state index in [2.05, 4.69) is 36.9 Å². The van der Waals surface area contributed by atoms with Gasteiger partial charge in [0, 0.05) is 13.1 Å². The predicted molar refractivity (Wildman–Crippen MR) is 71.3 cm³/mol. The van der Waals surface area contributed by atoms with Crippen molar-refractivity contribution in [3.8, 4) is 0 Å². The van der Waals surface area contributed by atoms with Gasteiger partial charge < -0.3 is 4.74 Å². The van der Waals surface area contributed by atoms with Gasteiger partial charge in [0.2, 0.25) is 0 Å². The molecule has 0 saturated carbocycles. The van der Waals surface area contributed by atoms with Crippen molar-refractivity contribution in [1.29, 1.82) is 0 Å². The highest BCUT2D eigenvalue weighted by Gasteiger charge is 2.28. The number of carbonyl (C=O) groups is 1. The van der Waals surface area contributed by atoms with Gasteiger partial charge >= 0.3 is 5.97 Å². The Hall–Kier alpha value is -1.35. The summed E-state index contributed by atoms with van der Waals surface area (Å²) in [6, 6.07) is 6.58. The normalized spacial score (nSPS) is 20.1. The van der Waals surface area contributed by atoms with E-state index < -0.39 is 0 Å². The summed E-state index contributed by atoms with van der Waals surface area (Å²) in [6.07, 6.45) is 0.914. The lowest BCUT2D eigenvalue weighted by atomic mass is 10.1. The maximum absolute atomic E-state index is 11.5. The summed E-state index contributed by atoms with van der Waals surface area (Å²) in [4.78, 5) is 13.8. The molecule has 0 radical (unpaired) electrons. The molecule has 3 heteroatoms. The fourth-order valence-electron chi connectivity index (χ4n) is 2.50. The molecule has 0 bridgehead atoms. The van der Waals surface area contributed by atoms with Crippen LogP contribution in [0.3, 0.4) is 0 Å². The van der Waals surface area contributed by atoms with Gasteiger partial charge in [-0.3, -0.25) is 9.69 Å². The molecule has 0 N–H and O–H groups in total. The zero-order valence-corrected chi connectivity index (χ0v) is 11.4. The quantitative estimate of drug-likeness (QED) is 0.768. The number of rotatable bonds is 3. The van der Waals surface area contributed by atoms with E-state index >= 15 is 0 Å². The third kappa shape index (κ3) is 2.91. The second-order valence-electron chi connectivity index (χ2n) is 5.16. The van der Waals surface area contributed by atoms with Gasteiger partial charge in [-0.25, -0.2) is 0 Å². The van der Waals surface area contributed by atoms with Gasteiger partial charge in [0.05, 0.1) is 13.0 Å². The summed E-state index contributed by atoms with van der Waals surface area (Å²) in [5.41, 5.74) is 3.98. The van der Waals surface area contributed by atoms with Crippen LogP contribution in [0.15, 0.2) is 18.2 Å². The fraction of sp³-hybridized carbons (Fsp3) is 0.533. The summed E-state index contributed by atoms with van der Waals surface area (Å²) in [5, 5.41) is 0. The van der Waals surface area contributed by atoms with Crippen LogP contribution >= 0.6 is 0 Å². The minimum Gasteiger partial charge on any atom is -0.469 e. The van der Waals surface area contributed by atoms with E-state index in [1.807, 2.05) is 0 Å². The zero-order valence-electron chi connectivity index (χ0n) is 11.4. The maximum atomic E-state index is 11.5. The first-order valence-electron chi connectivity index (χ1n) is 6.46. The molecule has 2 rings (SSSR count). The highest BCUT2D eigenvalue weighted by molar-refractivity contribution is 5.72. The van der Waals surface area contributed by atoms with E-state index in [1.165, 1.54) is 23.8 Å². The van der Waals surface area contributed by atoms with Gasteiger partial charge in [-0.2, -0.15) is 0 Å². The molecule has 3 nitrogen and oxygen atoms in total. The lowest BCUT2D eigenvalue weighted by Gasteiger charge is -2.16. The summed E-state index contributed by atoms with van der Waals surface area (Å²) < 4.78 is 4.80. The molecule has 1 aliphatic heterocycles. The second kappa shape index (κ2) is 5.53. The third-order valence-corrected chi connectivity index (χ3v) is 3.78. The SMILES string of the molecule is COC(=O)C1CCN(Cc2ccc(C)c(C)c2)C1. The lowest BCUT2D eigenvalue weighted by Crippen LogP contribution is -2.23. The van der Waals surface area contributed by atoms with Crippen molar-refractivity contribution in [2.45, 2.75) is 26.8 Å². The molecular formula is C15H21NO2. The molecule has 1 fully saturated rings. The second-order valence-corrected chi connectivity index (χ2v) is 5.16. The summed E-state index contributed by atoms with van der Waals surface area (Å²) >= 11 is 0. The summed E-state index contributed by atoms with van der Waals surface area (Å²) in [5.74, 6) is -0.0147.